The Morgan fingerprint density at radius 2 is 1.19 bits per heavy atom. The average molecular weight is 479 g/mol. The van der Waals surface area contributed by atoms with Gasteiger partial charge in [0.1, 0.15) is 0 Å². The first-order valence-electron chi connectivity index (χ1n) is 11.4. The van der Waals surface area contributed by atoms with E-state index in [1.807, 2.05) is 24.3 Å². The van der Waals surface area contributed by atoms with E-state index in [0.717, 1.165) is 36.8 Å². The Balaban J connectivity index is 1.67. The van der Waals surface area contributed by atoms with Gasteiger partial charge in [0.25, 0.3) is 0 Å². The highest BCUT2D eigenvalue weighted by Crippen LogP contribution is 2.25. The van der Waals surface area contributed by atoms with Crippen molar-refractivity contribution in [2.45, 2.75) is 62.2 Å². The molecule has 0 saturated carbocycles. The fraction of sp³-hybridized carbons (Fsp3) is 0.500. The molecule has 1 heterocycles. The van der Waals surface area contributed by atoms with Crippen LogP contribution >= 0.6 is 0 Å². The number of unbranched alkanes of at least 4 members (excludes halogenated alkanes) is 1. The van der Waals surface area contributed by atoms with Gasteiger partial charge in [0.2, 0.25) is 20.0 Å². The second-order valence-corrected chi connectivity index (χ2v) is 12.3. The second kappa shape index (κ2) is 10.5. The van der Waals surface area contributed by atoms with Crippen LogP contribution in [0, 0.1) is 0 Å². The maximum Gasteiger partial charge on any atom is 0.243 e. The molecule has 2 aromatic carbocycles. The minimum atomic E-state index is -3.65. The van der Waals surface area contributed by atoms with Crippen LogP contribution in [0.1, 0.15) is 57.1 Å². The Morgan fingerprint density at radius 1 is 0.750 bits per heavy atom. The quantitative estimate of drug-likeness (QED) is 0.540. The van der Waals surface area contributed by atoms with Crippen molar-refractivity contribution in [1.29, 1.82) is 0 Å². The summed E-state index contributed by atoms with van der Waals surface area (Å²) >= 11 is 0. The van der Waals surface area contributed by atoms with Gasteiger partial charge < -0.3 is 0 Å². The van der Waals surface area contributed by atoms with E-state index in [1.54, 1.807) is 24.3 Å². The van der Waals surface area contributed by atoms with Crippen molar-refractivity contribution in [3.63, 3.8) is 0 Å². The molecule has 0 radical (unpaired) electrons. The van der Waals surface area contributed by atoms with Crippen LogP contribution in [-0.4, -0.2) is 51.6 Å². The van der Waals surface area contributed by atoms with Gasteiger partial charge in [0, 0.05) is 26.2 Å². The minimum Gasteiger partial charge on any atom is -0.207 e. The third-order valence-electron chi connectivity index (χ3n) is 6.28. The van der Waals surface area contributed by atoms with Gasteiger partial charge in [-0.05, 0) is 60.6 Å². The standard InChI is InChI=1S/C24H34N2O4S2/c1-4-6-7-21-8-12-23(13-9-21)31(27,28)25-16-18-26(19-17-25)32(29,30)24-14-10-22(11-15-24)20(3)5-2/h8-15,20H,4-7,16-19H2,1-3H3. The molecule has 3 rings (SSSR count). The largest absolute Gasteiger partial charge is 0.243 e. The number of hydrogen-bond donors (Lipinski definition) is 0. The summed E-state index contributed by atoms with van der Waals surface area (Å²) in [5.74, 6) is 0.376. The van der Waals surface area contributed by atoms with Gasteiger partial charge in [-0.25, -0.2) is 16.8 Å². The number of nitrogens with zero attached hydrogens (tertiary/aromatic N) is 2. The first kappa shape index (κ1) is 24.9. The van der Waals surface area contributed by atoms with E-state index >= 15 is 0 Å². The van der Waals surface area contributed by atoms with Crippen LogP contribution in [0.5, 0.6) is 0 Å². The molecule has 0 aromatic heterocycles. The van der Waals surface area contributed by atoms with Crippen molar-refractivity contribution in [3.8, 4) is 0 Å². The zero-order valence-electron chi connectivity index (χ0n) is 19.2. The fourth-order valence-electron chi connectivity index (χ4n) is 3.86. The molecule has 0 amide bonds. The highest BCUT2D eigenvalue weighted by atomic mass is 32.2. The molecular formula is C24H34N2O4S2. The van der Waals surface area contributed by atoms with Gasteiger partial charge >= 0.3 is 0 Å². The summed E-state index contributed by atoms with van der Waals surface area (Å²) in [7, 11) is -7.29. The van der Waals surface area contributed by atoms with Crippen LogP contribution < -0.4 is 0 Å². The number of piperazine rings is 1. The number of aryl methyl sites for hydroxylation is 1. The smallest absolute Gasteiger partial charge is 0.207 e. The molecule has 2 aromatic rings. The molecule has 8 heteroatoms. The van der Waals surface area contributed by atoms with Gasteiger partial charge in [0.15, 0.2) is 0 Å². The molecule has 176 valence electrons. The minimum absolute atomic E-state index is 0.142. The Kier molecular flexibility index (Phi) is 8.14. The normalized spacial score (nSPS) is 17.3. The topological polar surface area (TPSA) is 74.8 Å². The molecule has 1 aliphatic heterocycles. The average Bonchev–Trinajstić information content (AvgIpc) is 2.82. The number of sulfonamides is 2. The maximum atomic E-state index is 13.0. The highest BCUT2D eigenvalue weighted by molar-refractivity contribution is 7.89. The first-order chi connectivity index (χ1) is 15.2. The van der Waals surface area contributed by atoms with E-state index in [4.69, 9.17) is 0 Å². The van der Waals surface area contributed by atoms with E-state index in [9.17, 15) is 16.8 Å². The van der Waals surface area contributed by atoms with Gasteiger partial charge in [-0.1, -0.05) is 51.5 Å². The summed E-state index contributed by atoms with van der Waals surface area (Å²) in [4.78, 5) is 0.512. The summed E-state index contributed by atoms with van der Waals surface area (Å²) in [6, 6.07) is 14.1. The van der Waals surface area contributed by atoms with Gasteiger partial charge in [-0.2, -0.15) is 8.61 Å². The lowest BCUT2D eigenvalue weighted by atomic mass is 9.99. The van der Waals surface area contributed by atoms with E-state index in [1.165, 1.54) is 8.61 Å². The predicted octanol–water partition coefficient (Wildman–Crippen LogP) is 4.24. The molecule has 0 bridgehead atoms. The van der Waals surface area contributed by atoms with Crippen LogP contribution in [0.25, 0.3) is 0 Å². The number of benzene rings is 2. The second-order valence-electron chi connectivity index (χ2n) is 8.43. The molecule has 6 nitrogen and oxygen atoms in total. The van der Waals surface area contributed by atoms with Crippen molar-refractivity contribution in [2.75, 3.05) is 26.2 Å². The molecule has 32 heavy (non-hydrogen) atoms. The van der Waals surface area contributed by atoms with Crippen LogP contribution in [0.2, 0.25) is 0 Å². The molecule has 0 N–H and O–H groups in total. The Bertz CT molecular complexity index is 1090. The van der Waals surface area contributed by atoms with Crippen molar-refractivity contribution in [3.05, 3.63) is 59.7 Å². The Hall–Kier alpha value is -1.74. The van der Waals surface area contributed by atoms with Crippen molar-refractivity contribution in [2.24, 2.45) is 0 Å². The SMILES string of the molecule is CCCCc1ccc(S(=O)(=O)N2CCN(S(=O)(=O)c3ccc(C(C)CC)cc3)CC2)cc1. The molecule has 1 aliphatic rings. The van der Waals surface area contributed by atoms with Crippen LogP contribution in [0.3, 0.4) is 0 Å². The van der Waals surface area contributed by atoms with Crippen molar-refractivity contribution in [1.82, 2.24) is 8.61 Å². The number of hydrogen-bond acceptors (Lipinski definition) is 4. The Morgan fingerprint density at radius 3 is 1.59 bits per heavy atom. The van der Waals surface area contributed by atoms with Crippen LogP contribution in [0.15, 0.2) is 58.3 Å². The van der Waals surface area contributed by atoms with Gasteiger partial charge in [-0.15, -0.1) is 0 Å². The third-order valence-corrected chi connectivity index (χ3v) is 10.1. The molecular weight excluding hydrogens is 444 g/mol. The lowest BCUT2D eigenvalue weighted by Gasteiger charge is -2.33. The molecule has 1 atom stereocenters. The lowest BCUT2D eigenvalue weighted by molar-refractivity contribution is 0.273. The molecule has 1 unspecified atom stereocenters. The molecule has 1 saturated heterocycles. The maximum absolute atomic E-state index is 13.0. The summed E-state index contributed by atoms with van der Waals surface area (Å²) in [6.07, 6.45) is 4.09. The van der Waals surface area contributed by atoms with Gasteiger partial charge in [0.05, 0.1) is 9.79 Å². The Labute approximate surface area is 193 Å². The fourth-order valence-corrected chi connectivity index (χ4v) is 6.71. The first-order valence-corrected chi connectivity index (χ1v) is 14.3. The number of rotatable bonds is 9. The van der Waals surface area contributed by atoms with E-state index in [0.29, 0.717) is 5.92 Å². The van der Waals surface area contributed by atoms with Crippen LogP contribution in [-0.2, 0) is 26.5 Å². The van der Waals surface area contributed by atoms with Crippen LogP contribution in [0.4, 0.5) is 0 Å². The third kappa shape index (κ3) is 5.42. The van der Waals surface area contributed by atoms with Crippen molar-refractivity contribution >= 4 is 20.0 Å². The lowest BCUT2D eigenvalue weighted by Crippen LogP contribution is -2.50. The summed E-state index contributed by atoms with van der Waals surface area (Å²) in [6.45, 7) is 6.91. The van der Waals surface area contributed by atoms with E-state index < -0.39 is 20.0 Å². The summed E-state index contributed by atoms with van der Waals surface area (Å²) in [5.41, 5.74) is 2.24. The van der Waals surface area contributed by atoms with Crippen molar-refractivity contribution < 1.29 is 16.8 Å². The molecule has 0 aliphatic carbocycles. The molecule has 1 fully saturated rings. The summed E-state index contributed by atoms with van der Waals surface area (Å²) < 4.78 is 54.9. The highest BCUT2D eigenvalue weighted by Gasteiger charge is 2.33. The zero-order chi connectivity index (χ0) is 23.4. The summed E-state index contributed by atoms with van der Waals surface area (Å²) in [5, 5.41) is 0. The van der Waals surface area contributed by atoms with E-state index in [2.05, 4.69) is 20.8 Å². The van der Waals surface area contributed by atoms with Gasteiger partial charge in [-0.3, -0.25) is 0 Å². The molecule has 0 spiro atoms. The monoisotopic (exact) mass is 478 g/mol. The predicted molar refractivity (Wildman–Crippen MR) is 128 cm³/mol. The zero-order valence-corrected chi connectivity index (χ0v) is 20.8. The van der Waals surface area contributed by atoms with E-state index in [-0.39, 0.29) is 36.0 Å².